The molecule has 0 fully saturated rings. The maximum absolute atomic E-state index is 10.6. The van der Waals surface area contributed by atoms with Gasteiger partial charge in [0.1, 0.15) is 5.78 Å². The van der Waals surface area contributed by atoms with Crippen molar-refractivity contribution in [1.82, 2.24) is 0 Å². The van der Waals surface area contributed by atoms with Crippen LogP contribution in [-0.2, 0) is 16.0 Å². The van der Waals surface area contributed by atoms with Crippen molar-refractivity contribution in [1.29, 1.82) is 0 Å². The third kappa shape index (κ3) is 17.0. The van der Waals surface area contributed by atoms with E-state index in [9.17, 15) is 4.79 Å². The van der Waals surface area contributed by atoms with Gasteiger partial charge in [-0.15, -0.1) is 0 Å². The van der Waals surface area contributed by atoms with Crippen LogP contribution >= 0.6 is 11.6 Å². The topological polar surface area (TPSA) is 54.4 Å². The summed E-state index contributed by atoms with van der Waals surface area (Å²) in [7, 11) is 0. The molecule has 0 bridgehead atoms. The number of Topliss-reactive ketones (excluding diaryl/α,β-unsaturated/α-hetero) is 1. The van der Waals surface area contributed by atoms with E-state index in [1.165, 1.54) is 24.0 Å². The monoisotopic (exact) mass is 380 g/mol. The van der Waals surface area contributed by atoms with Gasteiger partial charge in [-0.3, -0.25) is 9.59 Å². The van der Waals surface area contributed by atoms with E-state index in [1.807, 2.05) is 30.3 Å². The average Bonchev–Trinajstić information content (AvgIpc) is 2.57. The fraction of sp³-hybridized carbons (Fsp3) is 0.455. The van der Waals surface area contributed by atoms with E-state index in [0.717, 1.165) is 23.4 Å². The Morgan fingerprint density at radius 2 is 1.54 bits per heavy atom. The van der Waals surface area contributed by atoms with Gasteiger partial charge in [0.05, 0.1) is 0 Å². The number of hydrogen-bond donors (Lipinski definition) is 1. The highest BCUT2D eigenvalue weighted by Gasteiger charge is 1.95. The lowest BCUT2D eigenvalue weighted by molar-refractivity contribution is -0.123. The van der Waals surface area contributed by atoms with Crippen LogP contribution in [0.15, 0.2) is 52.6 Å². The first-order valence-electron chi connectivity index (χ1n) is 8.95. The largest absolute Gasteiger partial charge is 0.483 e. The van der Waals surface area contributed by atoms with Crippen LogP contribution in [0.5, 0.6) is 0 Å². The van der Waals surface area contributed by atoms with Crippen LogP contribution in [0.3, 0.4) is 0 Å². The van der Waals surface area contributed by atoms with Crippen LogP contribution in [0.2, 0.25) is 0 Å². The molecule has 0 saturated carbocycles. The summed E-state index contributed by atoms with van der Waals surface area (Å²) in [6.45, 7) is 10.0. The SMILES string of the molecule is CC(=O)Cc1ccccc1.CCC/C(Cl)=C\C(C)=C(/C)CCC.O=CO. The molecule has 0 amide bonds. The van der Waals surface area contributed by atoms with E-state index in [2.05, 4.69) is 33.8 Å². The van der Waals surface area contributed by atoms with E-state index in [4.69, 9.17) is 21.5 Å². The fourth-order valence-electron chi connectivity index (χ4n) is 2.12. The predicted molar refractivity (Wildman–Crippen MR) is 112 cm³/mol. The standard InChI is InChI=1S/C12H21Cl.C9H10O.CH2O2/c1-5-7-10(3)11(4)9-12(13)8-6-2;1-8(10)7-9-5-3-2-4-6-9;2-1-3/h9H,5-8H2,1-4H3;2-6H,7H2,1H3;1H,(H,2,3)/b11-10+,12-9+;;. The summed E-state index contributed by atoms with van der Waals surface area (Å²) >= 11 is 6.05. The molecular weight excluding hydrogens is 348 g/mol. The van der Waals surface area contributed by atoms with E-state index in [1.54, 1.807) is 6.92 Å². The number of ketones is 1. The number of benzene rings is 1. The van der Waals surface area contributed by atoms with Crippen LogP contribution in [0.4, 0.5) is 0 Å². The normalized spacial score (nSPS) is 11.2. The first-order valence-corrected chi connectivity index (χ1v) is 9.33. The Balaban J connectivity index is 0. The van der Waals surface area contributed by atoms with Crippen molar-refractivity contribution in [3.63, 3.8) is 0 Å². The number of rotatable bonds is 7. The summed E-state index contributed by atoms with van der Waals surface area (Å²) in [6.07, 6.45) is 7.17. The maximum Gasteiger partial charge on any atom is 0.290 e. The van der Waals surface area contributed by atoms with Gasteiger partial charge in [-0.05, 0) is 45.3 Å². The lowest BCUT2D eigenvalue weighted by Crippen LogP contribution is -1.94. The Labute approximate surface area is 163 Å². The molecule has 0 aliphatic carbocycles. The summed E-state index contributed by atoms with van der Waals surface area (Å²) in [6, 6.07) is 9.75. The van der Waals surface area contributed by atoms with Crippen molar-refractivity contribution >= 4 is 23.9 Å². The van der Waals surface area contributed by atoms with Gasteiger partial charge >= 0.3 is 0 Å². The Morgan fingerprint density at radius 1 is 1.04 bits per heavy atom. The Hall–Kier alpha value is -1.87. The number of carbonyl (C=O) groups is 2. The summed E-state index contributed by atoms with van der Waals surface area (Å²) in [5.74, 6) is 0.214. The minimum atomic E-state index is -0.250. The van der Waals surface area contributed by atoms with Gasteiger partial charge in [-0.1, -0.05) is 79.8 Å². The number of hydrogen-bond acceptors (Lipinski definition) is 2. The second-order valence-electron chi connectivity index (χ2n) is 6.02. The molecule has 0 saturated heterocycles. The summed E-state index contributed by atoms with van der Waals surface area (Å²) in [5.41, 5.74) is 3.88. The fourth-order valence-corrected chi connectivity index (χ4v) is 2.48. The van der Waals surface area contributed by atoms with Crippen molar-refractivity contribution < 1.29 is 14.7 Å². The highest BCUT2D eigenvalue weighted by atomic mass is 35.5. The van der Waals surface area contributed by atoms with Crippen molar-refractivity contribution in [2.24, 2.45) is 0 Å². The van der Waals surface area contributed by atoms with Gasteiger partial charge in [-0.25, -0.2) is 0 Å². The average molecular weight is 381 g/mol. The zero-order chi connectivity index (χ0) is 20.4. The van der Waals surface area contributed by atoms with Crippen molar-refractivity contribution in [3.8, 4) is 0 Å². The molecule has 146 valence electrons. The van der Waals surface area contributed by atoms with Gasteiger partial charge in [0.15, 0.2) is 0 Å². The molecule has 3 nitrogen and oxygen atoms in total. The molecule has 1 aromatic carbocycles. The zero-order valence-corrected chi connectivity index (χ0v) is 17.5. The molecule has 0 radical (unpaired) electrons. The van der Waals surface area contributed by atoms with Gasteiger partial charge in [0, 0.05) is 11.5 Å². The second-order valence-corrected chi connectivity index (χ2v) is 6.51. The predicted octanol–water partition coefficient (Wildman–Crippen LogP) is 6.56. The number of carbonyl (C=O) groups excluding carboxylic acids is 1. The quantitative estimate of drug-likeness (QED) is 0.430. The zero-order valence-electron chi connectivity index (χ0n) is 16.7. The molecule has 0 aromatic heterocycles. The highest BCUT2D eigenvalue weighted by Crippen LogP contribution is 2.17. The molecule has 0 aliphatic rings. The molecular formula is C22H33ClO3. The minimum Gasteiger partial charge on any atom is -0.483 e. The van der Waals surface area contributed by atoms with Crippen LogP contribution in [0.25, 0.3) is 0 Å². The van der Waals surface area contributed by atoms with Crippen LogP contribution in [-0.4, -0.2) is 17.4 Å². The van der Waals surface area contributed by atoms with Crippen molar-refractivity contribution in [3.05, 3.63) is 58.1 Å². The molecule has 0 spiro atoms. The molecule has 0 unspecified atom stereocenters. The molecule has 1 rings (SSSR count). The lowest BCUT2D eigenvalue weighted by atomic mass is 10.1. The van der Waals surface area contributed by atoms with Gasteiger partial charge in [0.2, 0.25) is 0 Å². The summed E-state index contributed by atoms with van der Waals surface area (Å²) in [4.78, 5) is 19.0. The third-order valence-corrected chi connectivity index (χ3v) is 3.75. The molecule has 1 N–H and O–H groups in total. The van der Waals surface area contributed by atoms with E-state index >= 15 is 0 Å². The van der Waals surface area contributed by atoms with Crippen LogP contribution < -0.4 is 0 Å². The summed E-state index contributed by atoms with van der Waals surface area (Å²) in [5, 5.41) is 7.87. The first kappa shape index (κ1) is 26.4. The lowest BCUT2D eigenvalue weighted by Gasteiger charge is -2.03. The molecule has 4 heteroatoms. The van der Waals surface area contributed by atoms with E-state index < -0.39 is 0 Å². The maximum atomic E-state index is 10.6. The van der Waals surface area contributed by atoms with Gasteiger partial charge < -0.3 is 5.11 Å². The number of carboxylic acid groups (broad SMARTS) is 1. The Morgan fingerprint density at radius 3 is 1.96 bits per heavy atom. The van der Waals surface area contributed by atoms with Gasteiger partial charge in [-0.2, -0.15) is 0 Å². The molecule has 0 aliphatic heterocycles. The molecule has 0 atom stereocenters. The summed E-state index contributed by atoms with van der Waals surface area (Å²) < 4.78 is 0. The van der Waals surface area contributed by atoms with Gasteiger partial charge in [0.25, 0.3) is 6.47 Å². The van der Waals surface area contributed by atoms with Crippen LogP contribution in [0.1, 0.15) is 65.9 Å². The third-order valence-electron chi connectivity index (χ3n) is 3.46. The first-order chi connectivity index (χ1) is 12.3. The number of halogens is 1. The van der Waals surface area contributed by atoms with Crippen LogP contribution in [0, 0.1) is 0 Å². The van der Waals surface area contributed by atoms with E-state index in [0.29, 0.717) is 6.42 Å². The molecule has 1 aromatic rings. The second kappa shape index (κ2) is 17.9. The Bertz CT molecular complexity index is 560. The molecule has 26 heavy (non-hydrogen) atoms. The number of allylic oxidation sites excluding steroid dienone is 4. The minimum absolute atomic E-state index is 0.214. The Kier molecular flexibility index (Phi) is 18.2. The smallest absolute Gasteiger partial charge is 0.290 e. The molecule has 0 heterocycles. The van der Waals surface area contributed by atoms with Crippen molar-refractivity contribution in [2.75, 3.05) is 0 Å². The van der Waals surface area contributed by atoms with E-state index in [-0.39, 0.29) is 12.3 Å². The van der Waals surface area contributed by atoms with Crippen molar-refractivity contribution in [2.45, 2.75) is 66.7 Å². The highest BCUT2D eigenvalue weighted by molar-refractivity contribution is 6.29.